The molecule has 1 aliphatic rings. The quantitative estimate of drug-likeness (QED) is 0.849. The largest absolute Gasteiger partial charge is 0.497 e. The lowest BCUT2D eigenvalue weighted by Gasteiger charge is -2.24. The lowest BCUT2D eigenvalue weighted by molar-refractivity contribution is -0.131. The Morgan fingerprint density at radius 3 is 2.67 bits per heavy atom. The molecule has 1 aromatic heterocycles. The fourth-order valence-electron chi connectivity index (χ4n) is 3.39. The summed E-state index contributed by atoms with van der Waals surface area (Å²) in [5, 5.41) is 0. The van der Waals surface area contributed by atoms with Crippen LogP contribution in [0.2, 0.25) is 0 Å². The molecule has 0 radical (unpaired) electrons. The molecule has 3 rings (SSSR count). The first kappa shape index (κ1) is 16.5. The molecule has 24 heavy (non-hydrogen) atoms. The predicted molar refractivity (Wildman–Crippen MR) is 94.9 cm³/mol. The summed E-state index contributed by atoms with van der Waals surface area (Å²) in [6.45, 7) is 4.77. The molecule has 4 heteroatoms. The van der Waals surface area contributed by atoms with Gasteiger partial charge in [0.1, 0.15) is 5.75 Å². The van der Waals surface area contributed by atoms with Crippen molar-refractivity contribution in [2.45, 2.75) is 39.2 Å². The SMILES string of the molecule is CCC(=O)N1CCC[C@@H]1c1cc(-c2ccc(OC)cc2)cc(C)n1. The Bertz CT molecular complexity index is 725. The smallest absolute Gasteiger partial charge is 0.222 e. The van der Waals surface area contributed by atoms with E-state index in [1.165, 1.54) is 0 Å². The molecule has 2 heterocycles. The predicted octanol–water partition coefficient (Wildman–Crippen LogP) is 4.14. The second kappa shape index (κ2) is 7.04. The molecule has 1 aliphatic heterocycles. The van der Waals surface area contributed by atoms with Crippen LogP contribution in [0.1, 0.15) is 43.6 Å². The second-order valence-corrected chi connectivity index (χ2v) is 6.25. The van der Waals surface area contributed by atoms with Gasteiger partial charge in [0.2, 0.25) is 5.91 Å². The molecule has 1 aromatic carbocycles. The monoisotopic (exact) mass is 324 g/mol. The van der Waals surface area contributed by atoms with Gasteiger partial charge in [0.05, 0.1) is 18.8 Å². The highest BCUT2D eigenvalue weighted by molar-refractivity contribution is 5.76. The average Bonchev–Trinajstić information content (AvgIpc) is 3.10. The number of ether oxygens (including phenoxy) is 1. The van der Waals surface area contributed by atoms with Gasteiger partial charge in [-0.05, 0) is 55.2 Å². The molecular formula is C20H24N2O2. The summed E-state index contributed by atoms with van der Waals surface area (Å²) in [7, 11) is 1.67. The molecular weight excluding hydrogens is 300 g/mol. The number of pyridine rings is 1. The van der Waals surface area contributed by atoms with Crippen LogP contribution in [-0.4, -0.2) is 29.4 Å². The number of nitrogens with zero attached hydrogens (tertiary/aromatic N) is 2. The van der Waals surface area contributed by atoms with Gasteiger partial charge in [0, 0.05) is 18.7 Å². The van der Waals surface area contributed by atoms with Crippen LogP contribution in [0.5, 0.6) is 5.75 Å². The van der Waals surface area contributed by atoms with Gasteiger partial charge in [-0.2, -0.15) is 0 Å². The molecule has 1 atom stereocenters. The summed E-state index contributed by atoms with van der Waals surface area (Å²) in [6.07, 6.45) is 2.59. The molecule has 0 unspecified atom stereocenters. The van der Waals surface area contributed by atoms with Crippen LogP contribution in [0.25, 0.3) is 11.1 Å². The van der Waals surface area contributed by atoms with Crippen LogP contribution in [0.4, 0.5) is 0 Å². The third-order valence-electron chi connectivity index (χ3n) is 4.61. The highest BCUT2D eigenvalue weighted by Gasteiger charge is 2.30. The van der Waals surface area contributed by atoms with E-state index >= 15 is 0 Å². The fraction of sp³-hybridized carbons (Fsp3) is 0.400. The van der Waals surface area contributed by atoms with Crippen LogP contribution >= 0.6 is 0 Å². The number of likely N-dealkylation sites (tertiary alicyclic amines) is 1. The molecule has 0 spiro atoms. The van der Waals surface area contributed by atoms with Gasteiger partial charge in [-0.3, -0.25) is 9.78 Å². The highest BCUT2D eigenvalue weighted by atomic mass is 16.5. The highest BCUT2D eigenvalue weighted by Crippen LogP contribution is 2.34. The first-order valence-corrected chi connectivity index (χ1v) is 8.55. The minimum atomic E-state index is 0.106. The van der Waals surface area contributed by atoms with Gasteiger partial charge in [0.25, 0.3) is 0 Å². The lowest BCUT2D eigenvalue weighted by Crippen LogP contribution is -2.30. The van der Waals surface area contributed by atoms with E-state index in [-0.39, 0.29) is 11.9 Å². The van der Waals surface area contributed by atoms with E-state index in [0.717, 1.165) is 47.7 Å². The van der Waals surface area contributed by atoms with E-state index in [0.29, 0.717) is 6.42 Å². The van der Waals surface area contributed by atoms with Crippen molar-refractivity contribution >= 4 is 5.91 Å². The van der Waals surface area contributed by atoms with Crippen molar-refractivity contribution in [3.05, 3.63) is 47.8 Å². The molecule has 0 N–H and O–H groups in total. The minimum Gasteiger partial charge on any atom is -0.497 e. The number of aryl methyl sites for hydroxylation is 1. The summed E-state index contributed by atoms with van der Waals surface area (Å²) in [4.78, 5) is 18.9. The number of rotatable bonds is 4. The molecule has 0 aliphatic carbocycles. The van der Waals surface area contributed by atoms with E-state index in [2.05, 4.69) is 24.3 Å². The third-order valence-corrected chi connectivity index (χ3v) is 4.61. The number of amides is 1. The number of benzene rings is 1. The van der Waals surface area contributed by atoms with E-state index in [1.807, 2.05) is 30.9 Å². The zero-order chi connectivity index (χ0) is 17.1. The molecule has 1 saturated heterocycles. The van der Waals surface area contributed by atoms with Crippen molar-refractivity contribution < 1.29 is 9.53 Å². The zero-order valence-electron chi connectivity index (χ0n) is 14.6. The Morgan fingerprint density at radius 2 is 2.00 bits per heavy atom. The topological polar surface area (TPSA) is 42.4 Å². The van der Waals surface area contributed by atoms with Gasteiger partial charge in [-0.15, -0.1) is 0 Å². The lowest BCUT2D eigenvalue weighted by atomic mass is 10.0. The number of carbonyl (C=O) groups excluding carboxylic acids is 1. The van der Waals surface area contributed by atoms with Gasteiger partial charge < -0.3 is 9.64 Å². The second-order valence-electron chi connectivity index (χ2n) is 6.25. The summed E-state index contributed by atoms with van der Waals surface area (Å²) >= 11 is 0. The number of hydrogen-bond acceptors (Lipinski definition) is 3. The first-order chi connectivity index (χ1) is 11.6. The molecule has 126 valence electrons. The van der Waals surface area contributed by atoms with Gasteiger partial charge in [-0.1, -0.05) is 19.1 Å². The number of aromatic nitrogens is 1. The van der Waals surface area contributed by atoms with Crippen LogP contribution in [-0.2, 0) is 4.79 Å². The van der Waals surface area contributed by atoms with Crippen molar-refractivity contribution in [2.75, 3.05) is 13.7 Å². The van der Waals surface area contributed by atoms with Crippen molar-refractivity contribution in [1.82, 2.24) is 9.88 Å². The Labute approximate surface area is 143 Å². The molecule has 1 fully saturated rings. The molecule has 2 aromatic rings. The van der Waals surface area contributed by atoms with Crippen LogP contribution in [0.15, 0.2) is 36.4 Å². The summed E-state index contributed by atoms with van der Waals surface area (Å²) in [6, 6.07) is 12.4. The summed E-state index contributed by atoms with van der Waals surface area (Å²) < 4.78 is 5.23. The maximum Gasteiger partial charge on any atom is 0.222 e. The average molecular weight is 324 g/mol. The number of methoxy groups -OCH3 is 1. The Balaban J connectivity index is 1.95. The zero-order valence-corrected chi connectivity index (χ0v) is 14.6. The Morgan fingerprint density at radius 1 is 1.25 bits per heavy atom. The van der Waals surface area contributed by atoms with Crippen molar-refractivity contribution in [2.24, 2.45) is 0 Å². The maximum atomic E-state index is 12.2. The normalized spacial score (nSPS) is 17.1. The van der Waals surface area contributed by atoms with Crippen LogP contribution in [0, 0.1) is 6.92 Å². The molecule has 0 bridgehead atoms. The Kier molecular flexibility index (Phi) is 4.84. The fourth-order valence-corrected chi connectivity index (χ4v) is 3.39. The molecule has 4 nitrogen and oxygen atoms in total. The summed E-state index contributed by atoms with van der Waals surface area (Å²) in [5.41, 5.74) is 4.25. The van der Waals surface area contributed by atoms with E-state index in [1.54, 1.807) is 7.11 Å². The number of carbonyl (C=O) groups is 1. The maximum absolute atomic E-state index is 12.2. The molecule has 0 saturated carbocycles. The standard InChI is InChI=1S/C20H24N2O2/c1-4-20(23)22-11-5-6-19(22)18-13-16(12-14(2)21-18)15-7-9-17(24-3)10-8-15/h7-10,12-13,19H,4-6,11H2,1-3H3/t19-/m1/s1. The van der Waals surface area contributed by atoms with Crippen LogP contribution < -0.4 is 4.74 Å². The Hall–Kier alpha value is -2.36. The molecule has 1 amide bonds. The summed E-state index contributed by atoms with van der Waals surface area (Å²) in [5.74, 6) is 1.06. The minimum absolute atomic E-state index is 0.106. The van der Waals surface area contributed by atoms with Gasteiger partial charge >= 0.3 is 0 Å². The van der Waals surface area contributed by atoms with E-state index < -0.39 is 0 Å². The van der Waals surface area contributed by atoms with Gasteiger partial charge in [-0.25, -0.2) is 0 Å². The third kappa shape index (κ3) is 3.28. The first-order valence-electron chi connectivity index (χ1n) is 8.55. The number of hydrogen-bond donors (Lipinski definition) is 0. The van der Waals surface area contributed by atoms with E-state index in [9.17, 15) is 4.79 Å². The van der Waals surface area contributed by atoms with Crippen LogP contribution in [0.3, 0.4) is 0 Å². The van der Waals surface area contributed by atoms with E-state index in [4.69, 9.17) is 9.72 Å². The van der Waals surface area contributed by atoms with Gasteiger partial charge in [0.15, 0.2) is 0 Å². The van der Waals surface area contributed by atoms with Crippen molar-refractivity contribution in [1.29, 1.82) is 0 Å². The van der Waals surface area contributed by atoms with Crippen molar-refractivity contribution in [3.63, 3.8) is 0 Å². The van der Waals surface area contributed by atoms with Crippen molar-refractivity contribution in [3.8, 4) is 16.9 Å².